The average Bonchev–Trinajstić information content (AvgIpc) is 2.50. The van der Waals surface area contributed by atoms with Crippen molar-refractivity contribution in [3.05, 3.63) is 62.4 Å². The minimum absolute atomic E-state index is 0.0361. The third-order valence-corrected chi connectivity index (χ3v) is 4.17. The summed E-state index contributed by atoms with van der Waals surface area (Å²) < 4.78 is 37.2. The van der Waals surface area contributed by atoms with Gasteiger partial charge in [0.05, 0.1) is 6.04 Å². The fourth-order valence-corrected chi connectivity index (χ4v) is 2.86. The zero-order valence-corrected chi connectivity index (χ0v) is 14.6. The summed E-state index contributed by atoms with van der Waals surface area (Å²) in [6.07, 6.45) is 0. The summed E-state index contributed by atoms with van der Waals surface area (Å²) in [5.74, 6) is -0.755. The fraction of sp³-hybridized carbons (Fsp3) is 0.312. The predicted octanol–water partition coefficient (Wildman–Crippen LogP) is 2.80. The second kappa shape index (κ2) is 7.81. The summed E-state index contributed by atoms with van der Waals surface area (Å²) in [6, 6.07) is 6.08. The first-order chi connectivity index (χ1) is 12.0. The highest BCUT2D eigenvalue weighted by Gasteiger charge is 2.29. The Balaban J connectivity index is 2.22. The summed E-state index contributed by atoms with van der Waals surface area (Å²) in [4.78, 5) is 39.1. The van der Waals surface area contributed by atoms with Gasteiger partial charge in [0, 0.05) is 11.0 Å². The molecule has 0 aliphatic carbocycles. The van der Waals surface area contributed by atoms with Gasteiger partial charge >= 0.3 is 11.2 Å². The van der Waals surface area contributed by atoms with Crippen molar-refractivity contribution in [1.82, 2.24) is 15.3 Å². The van der Waals surface area contributed by atoms with Crippen LogP contribution in [-0.2, 0) is 0 Å². The van der Waals surface area contributed by atoms with Crippen molar-refractivity contribution in [3.63, 3.8) is 0 Å². The van der Waals surface area contributed by atoms with E-state index in [1.807, 2.05) is 18.8 Å². The first-order valence-electron chi connectivity index (χ1n) is 7.55. The van der Waals surface area contributed by atoms with Gasteiger partial charge in [-0.05, 0) is 35.4 Å². The Bertz CT molecular complexity index is 860. The predicted molar refractivity (Wildman–Crippen MR) is 91.1 cm³/mol. The van der Waals surface area contributed by atoms with Crippen LogP contribution in [0.1, 0.15) is 35.9 Å². The van der Waals surface area contributed by atoms with E-state index >= 15 is 0 Å². The van der Waals surface area contributed by atoms with Crippen molar-refractivity contribution in [3.8, 4) is 0 Å². The molecule has 0 fully saturated rings. The lowest BCUT2D eigenvalue weighted by Crippen LogP contribution is -2.35. The molecule has 1 aromatic heterocycles. The molecule has 0 bridgehead atoms. The van der Waals surface area contributed by atoms with Crippen LogP contribution < -0.4 is 16.6 Å². The fourth-order valence-electron chi connectivity index (χ4n) is 2.32. The topological polar surface area (TPSA) is 94.8 Å². The van der Waals surface area contributed by atoms with Gasteiger partial charge in [-0.2, -0.15) is 13.2 Å². The SMILES string of the molecule is CC(C)C(NC(=O)c1cc(=O)[nH]c(=O)[nH]1)c1ccc(SC(F)(F)F)cc1. The molecule has 0 spiro atoms. The van der Waals surface area contributed by atoms with Gasteiger partial charge in [0.15, 0.2) is 0 Å². The zero-order chi connectivity index (χ0) is 19.5. The number of amides is 1. The Labute approximate surface area is 150 Å². The molecule has 0 aliphatic heterocycles. The van der Waals surface area contributed by atoms with Crippen LogP contribution in [-0.4, -0.2) is 21.4 Å². The number of carbonyl (C=O) groups is 1. The van der Waals surface area contributed by atoms with Gasteiger partial charge < -0.3 is 10.3 Å². The Morgan fingerprint density at radius 2 is 1.73 bits per heavy atom. The molecule has 2 aromatic rings. The molecular weight excluding hydrogens is 371 g/mol. The van der Waals surface area contributed by atoms with Crippen LogP contribution in [0, 0.1) is 5.92 Å². The summed E-state index contributed by atoms with van der Waals surface area (Å²) >= 11 is -0.222. The number of aromatic nitrogens is 2. The van der Waals surface area contributed by atoms with Crippen LogP contribution in [0.15, 0.2) is 44.8 Å². The number of thioether (sulfide) groups is 1. The number of rotatable bonds is 5. The van der Waals surface area contributed by atoms with Gasteiger partial charge in [0.25, 0.3) is 11.5 Å². The normalized spacial score (nSPS) is 12.8. The maximum atomic E-state index is 12.4. The highest BCUT2D eigenvalue weighted by molar-refractivity contribution is 8.00. The Kier molecular flexibility index (Phi) is 5.96. The molecule has 2 rings (SSSR count). The van der Waals surface area contributed by atoms with Crippen LogP contribution in [0.5, 0.6) is 0 Å². The van der Waals surface area contributed by atoms with Crippen molar-refractivity contribution < 1.29 is 18.0 Å². The average molecular weight is 387 g/mol. The molecule has 1 amide bonds. The van der Waals surface area contributed by atoms with Gasteiger partial charge in [0.1, 0.15) is 5.69 Å². The molecular formula is C16H16F3N3O3S. The van der Waals surface area contributed by atoms with E-state index in [9.17, 15) is 27.6 Å². The smallest absolute Gasteiger partial charge is 0.344 e. The highest BCUT2D eigenvalue weighted by Crippen LogP contribution is 2.37. The second-order valence-corrected chi connectivity index (χ2v) is 6.95. The number of benzene rings is 1. The summed E-state index contributed by atoms with van der Waals surface area (Å²) in [5, 5.41) is 2.68. The van der Waals surface area contributed by atoms with Crippen molar-refractivity contribution in [2.24, 2.45) is 5.92 Å². The first kappa shape index (κ1) is 19.8. The number of H-pyrrole nitrogens is 2. The van der Waals surface area contributed by atoms with Gasteiger partial charge in [0.2, 0.25) is 0 Å². The van der Waals surface area contributed by atoms with E-state index in [-0.39, 0.29) is 28.3 Å². The van der Waals surface area contributed by atoms with Crippen LogP contribution in [0.3, 0.4) is 0 Å². The van der Waals surface area contributed by atoms with Crippen LogP contribution in [0.25, 0.3) is 0 Å². The minimum atomic E-state index is -4.38. The third-order valence-electron chi connectivity index (χ3n) is 3.43. The minimum Gasteiger partial charge on any atom is -0.344 e. The van der Waals surface area contributed by atoms with Gasteiger partial charge in [-0.1, -0.05) is 26.0 Å². The molecule has 0 aliphatic rings. The van der Waals surface area contributed by atoms with E-state index in [1.54, 1.807) is 0 Å². The molecule has 1 atom stereocenters. The third kappa shape index (κ3) is 5.51. The van der Waals surface area contributed by atoms with Crippen molar-refractivity contribution >= 4 is 17.7 Å². The molecule has 0 radical (unpaired) electrons. The molecule has 1 aromatic carbocycles. The lowest BCUT2D eigenvalue weighted by molar-refractivity contribution is -0.0328. The van der Waals surface area contributed by atoms with Crippen molar-refractivity contribution in [2.75, 3.05) is 0 Å². The molecule has 0 saturated heterocycles. The van der Waals surface area contributed by atoms with Crippen LogP contribution in [0.2, 0.25) is 0 Å². The van der Waals surface area contributed by atoms with E-state index in [2.05, 4.69) is 10.3 Å². The lowest BCUT2D eigenvalue weighted by Gasteiger charge is -2.23. The number of alkyl halides is 3. The van der Waals surface area contributed by atoms with Crippen molar-refractivity contribution in [2.45, 2.75) is 30.3 Å². The number of halogens is 3. The van der Waals surface area contributed by atoms with E-state index < -0.39 is 28.7 Å². The number of hydrogen-bond donors (Lipinski definition) is 3. The van der Waals surface area contributed by atoms with Gasteiger partial charge in [-0.3, -0.25) is 14.6 Å². The molecule has 10 heteroatoms. The standard InChI is InChI=1S/C16H16F3N3O3S/c1-8(2)13(9-3-5-10(6-4-9)26-16(17,18)19)22-14(24)11-7-12(23)21-15(25)20-11/h3-8,13H,1-2H3,(H,22,24)(H2,20,21,23,25). The molecule has 6 nitrogen and oxygen atoms in total. The number of carbonyl (C=O) groups excluding carboxylic acids is 1. The van der Waals surface area contributed by atoms with E-state index in [0.29, 0.717) is 5.56 Å². The van der Waals surface area contributed by atoms with Crippen molar-refractivity contribution in [1.29, 1.82) is 0 Å². The maximum absolute atomic E-state index is 12.4. The molecule has 3 N–H and O–H groups in total. The highest BCUT2D eigenvalue weighted by atomic mass is 32.2. The molecule has 1 unspecified atom stereocenters. The van der Waals surface area contributed by atoms with Gasteiger partial charge in [-0.25, -0.2) is 4.79 Å². The Hall–Kier alpha value is -2.49. The Morgan fingerprint density at radius 1 is 1.12 bits per heavy atom. The number of aromatic amines is 2. The molecule has 0 saturated carbocycles. The largest absolute Gasteiger partial charge is 0.446 e. The summed E-state index contributed by atoms with van der Waals surface area (Å²) in [7, 11) is 0. The first-order valence-corrected chi connectivity index (χ1v) is 8.37. The maximum Gasteiger partial charge on any atom is 0.446 e. The molecule has 26 heavy (non-hydrogen) atoms. The van der Waals surface area contributed by atoms with E-state index in [0.717, 1.165) is 6.07 Å². The van der Waals surface area contributed by atoms with Crippen LogP contribution in [0.4, 0.5) is 13.2 Å². The summed E-state index contributed by atoms with van der Waals surface area (Å²) in [5.41, 5.74) is -5.49. The quantitative estimate of drug-likeness (QED) is 0.688. The second-order valence-electron chi connectivity index (χ2n) is 5.81. The van der Waals surface area contributed by atoms with E-state index in [1.165, 1.54) is 24.3 Å². The summed E-state index contributed by atoms with van der Waals surface area (Å²) in [6.45, 7) is 3.65. The lowest BCUT2D eigenvalue weighted by atomic mass is 9.96. The molecule has 1 heterocycles. The number of hydrogen-bond acceptors (Lipinski definition) is 4. The van der Waals surface area contributed by atoms with Gasteiger partial charge in [-0.15, -0.1) is 0 Å². The van der Waals surface area contributed by atoms with E-state index in [4.69, 9.17) is 0 Å². The number of nitrogens with one attached hydrogen (secondary N) is 3. The Morgan fingerprint density at radius 3 is 2.23 bits per heavy atom. The molecule has 140 valence electrons. The van der Waals surface area contributed by atoms with Crippen LogP contribution >= 0.6 is 11.8 Å². The zero-order valence-electron chi connectivity index (χ0n) is 13.8. The monoisotopic (exact) mass is 387 g/mol.